The van der Waals surface area contributed by atoms with Crippen molar-refractivity contribution in [3.8, 4) is 0 Å². The lowest BCUT2D eigenvalue weighted by Gasteiger charge is -2.12. The average molecular weight is 274 g/mol. The van der Waals surface area contributed by atoms with E-state index in [9.17, 15) is 4.79 Å². The van der Waals surface area contributed by atoms with Crippen LogP contribution in [0.25, 0.3) is 11.2 Å². The smallest absolute Gasteiger partial charge is 0.219 e. The van der Waals surface area contributed by atoms with Gasteiger partial charge < -0.3 is 10.6 Å². The molecule has 1 amide bonds. The number of aromatic nitrogens is 4. The predicted octanol–water partition coefficient (Wildman–Crippen LogP) is 0.121. The Kier molecular flexibility index (Phi) is 3.35. The van der Waals surface area contributed by atoms with Gasteiger partial charge in [0.25, 0.3) is 0 Å². The maximum Gasteiger partial charge on any atom is 0.219 e. The van der Waals surface area contributed by atoms with Crippen LogP contribution in [0.5, 0.6) is 0 Å². The molecule has 0 aliphatic carbocycles. The highest BCUT2D eigenvalue weighted by atomic mass is 16.2. The number of hydrogen-bond donors (Lipinski definition) is 1. The van der Waals surface area contributed by atoms with Crippen LogP contribution in [0.1, 0.15) is 25.0 Å². The van der Waals surface area contributed by atoms with E-state index in [1.54, 1.807) is 19.3 Å². The predicted molar refractivity (Wildman–Crippen MR) is 74.0 cm³/mol. The van der Waals surface area contributed by atoms with Crippen molar-refractivity contribution in [3.63, 3.8) is 0 Å². The summed E-state index contributed by atoms with van der Waals surface area (Å²) in [6.07, 6.45) is 4.26. The molecule has 106 valence electrons. The fraction of sp³-hybridized carbons (Fsp3) is 0.538. The molecule has 3 rings (SSSR count). The maximum absolute atomic E-state index is 11.4. The fourth-order valence-corrected chi connectivity index (χ4v) is 2.75. The molecule has 1 aliphatic rings. The number of fused-ring (bicyclic) bond motifs is 1. The molecular formula is C13H18N6O. The summed E-state index contributed by atoms with van der Waals surface area (Å²) in [6.45, 7) is 4.23. The lowest BCUT2D eigenvalue weighted by Crippen LogP contribution is -2.25. The number of nitrogens with two attached hydrogens (primary N) is 1. The Balaban J connectivity index is 1.98. The van der Waals surface area contributed by atoms with Gasteiger partial charge in [0.15, 0.2) is 5.65 Å². The molecule has 1 unspecified atom stereocenters. The standard InChI is InChI=1S/C13H18N6O/c1-9(20)18-6-2-10(8-18)11-12-13(16-5-4-15-12)19(17-11)7-3-14/h4-5,10H,2-3,6-8,14H2,1H3. The highest BCUT2D eigenvalue weighted by Gasteiger charge is 2.29. The molecule has 3 heterocycles. The maximum atomic E-state index is 11.4. The van der Waals surface area contributed by atoms with E-state index in [0.29, 0.717) is 19.6 Å². The minimum absolute atomic E-state index is 0.115. The topological polar surface area (TPSA) is 89.9 Å². The molecule has 0 aromatic carbocycles. The van der Waals surface area contributed by atoms with Crippen LogP contribution >= 0.6 is 0 Å². The second-order valence-corrected chi connectivity index (χ2v) is 5.08. The number of rotatable bonds is 3. The molecule has 0 bridgehead atoms. The number of hydrogen-bond acceptors (Lipinski definition) is 5. The Labute approximate surface area is 116 Å². The monoisotopic (exact) mass is 274 g/mol. The van der Waals surface area contributed by atoms with Gasteiger partial charge >= 0.3 is 0 Å². The van der Waals surface area contributed by atoms with Crippen molar-refractivity contribution >= 4 is 17.1 Å². The first-order valence-electron chi connectivity index (χ1n) is 6.83. The summed E-state index contributed by atoms with van der Waals surface area (Å²) < 4.78 is 1.81. The molecular weight excluding hydrogens is 256 g/mol. The van der Waals surface area contributed by atoms with E-state index in [2.05, 4.69) is 15.1 Å². The van der Waals surface area contributed by atoms with Crippen LogP contribution in [0.2, 0.25) is 0 Å². The first-order valence-corrected chi connectivity index (χ1v) is 6.83. The molecule has 0 spiro atoms. The first-order chi connectivity index (χ1) is 9.70. The van der Waals surface area contributed by atoms with Gasteiger partial charge in [-0.2, -0.15) is 5.10 Å². The zero-order valence-corrected chi connectivity index (χ0v) is 11.5. The Morgan fingerprint density at radius 2 is 2.25 bits per heavy atom. The number of carbonyl (C=O) groups is 1. The summed E-state index contributed by atoms with van der Waals surface area (Å²) in [5.74, 6) is 0.349. The lowest BCUT2D eigenvalue weighted by molar-refractivity contribution is -0.127. The second-order valence-electron chi connectivity index (χ2n) is 5.08. The van der Waals surface area contributed by atoms with Gasteiger partial charge in [-0.1, -0.05) is 0 Å². The highest BCUT2D eigenvalue weighted by Crippen LogP contribution is 2.30. The van der Waals surface area contributed by atoms with Gasteiger partial charge in [0.05, 0.1) is 12.2 Å². The third kappa shape index (κ3) is 2.14. The van der Waals surface area contributed by atoms with Crippen molar-refractivity contribution in [2.45, 2.75) is 25.8 Å². The van der Waals surface area contributed by atoms with Crippen LogP contribution in [0.4, 0.5) is 0 Å². The molecule has 20 heavy (non-hydrogen) atoms. The Morgan fingerprint density at radius 1 is 1.45 bits per heavy atom. The number of carbonyl (C=O) groups excluding carboxylic acids is 1. The van der Waals surface area contributed by atoms with Gasteiger partial charge in [0.1, 0.15) is 5.52 Å². The Bertz CT molecular complexity index is 637. The molecule has 2 N–H and O–H groups in total. The molecule has 0 saturated carbocycles. The molecule has 0 radical (unpaired) electrons. The van der Waals surface area contributed by atoms with E-state index in [0.717, 1.165) is 29.8 Å². The van der Waals surface area contributed by atoms with Gasteiger partial charge in [0, 0.05) is 44.9 Å². The molecule has 2 aromatic rings. The van der Waals surface area contributed by atoms with Crippen molar-refractivity contribution < 1.29 is 4.79 Å². The van der Waals surface area contributed by atoms with Crippen LogP contribution in [-0.4, -0.2) is 50.2 Å². The van der Waals surface area contributed by atoms with Gasteiger partial charge in [-0.15, -0.1) is 0 Å². The van der Waals surface area contributed by atoms with Crippen LogP contribution in [0.15, 0.2) is 12.4 Å². The summed E-state index contributed by atoms with van der Waals surface area (Å²) in [5.41, 5.74) is 8.15. The molecule has 1 saturated heterocycles. The van der Waals surface area contributed by atoms with E-state index in [1.807, 2.05) is 9.58 Å². The third-order valence-electron chi connectivity index (χ3n) is 3.76. The molecule has 2 aromatic heterocycles. The van der Waals surface area contributed by atoms with Gasteiger partial charge in [0.2, 0.25) is 5.91 Å². The summed E-state index contributed by atoms with van der Waals surface area (Å²) in [4.78, 5) is 22.1. The Hall–Kier alpha value is -2.02. The minimum Gasteiger partial charge on any atom is -0.342 e. The van der Waals surface area contributed by atoms with Crippen LogP contribution in [-0.2, 0) is 11.3 Å². The van der Waals surface area contributed by atoms with E-state index in [4.69, 9.17) is 5.73 Å². The van der Waals surface area contributed by atoms with E-state index < -0.39 is 0 Å². The van der Waals surface area contributed by atoms with Gasteiger partial charge in [-0.3, -0.25) is 4.79 Å². The largest absolute Gasteiger partial charge is 0.342 e. The van der Waals surface area contributed by atoms with Crippen molar-refractivity contribution in [3.05, 3.63) is 18.1 Å². The summed E-state index contributed by atoms with van der Waals surface area (Å²) in [7, 11) is 0. The average Bonchev–Trinajstić information content (AvgIpc) is 3.04. The van der Waals surface area contributed by atoms with E-state index >= 15 is 0 Å². The summed E-state index contributed by atoms with van der Waals surface area (Å²) >= 11 is 0. The molecule has 7 heteroatoms. The lowest BCUT2D eigenvalue weighted by atomic mass is 10.0. The van der Waals surface area contributed by atoms with Crippen molar-refractivity contribution in [1.29, 1.82) is 0 Å². The van der Waals surface area contributed by atoms with Crippen molar-refractivity contribution in [2.24, 2.45) is 5.73 Å². The SMILES string of the molecule is CC(=O)N1CCC(c2nn(CCN)c3nccnc23)C1. The number of nitrogens with zero attached hydrogens (tertiary/aromatic N) is 5. The fourth-order valence-electron chi connectivity index (χ4n) is 2.75. The van der Waals surface area contributed by atoms with E-state index in [-0.39, 0.29) is 11.8 Å². The highest BCUT2D eigenvalue weighted by molar-refractivity contribution is 5.75. The van der Waals surface area contributed by atoms with Gasteiger partial charge in [-0.25, -0.2) is 14.6 Å². The zero-order chi connectivity index (χ0) is 14.1. The van der Waals surface area contributed by atoms with Crippen LogP contribution < -0.4 is 5.73 Å². The van der Waals surface area contributed by atoms with Crippen molar-refractivity contribution in [1.82, 2.24) is 24.6 Å². The Morgan fingerprint density at radius 3 is 2.95 bits per heavy atom. The van der Waals surface area contributed by atoms with Crippen LogP contribution in [0, 0.1) is 0 Å². The third-order valence-corrected chi connectivity index (χ3v) is 3.76. The first kappa shape index (κ1) is 13.0. The molecule has 1 fully saturated rings. The second kappa shape index (κ2) is 5.16. The molecule has 7 nitrogen and oxygen atoms in total. The minimum atomic E-state index is 0.115. The zero-order valence-electron chi connectivity index (χ0n) is 11.5. The normalized spacial score (nSPS) is 18.9. The molecule has 1 atom stereocenters. The van der Waals surface area contributed by atoms with E-state index in [1.165, 1.54) is 0 Å². The van der Waals surface area contributed by atoms with Crippen molar-refractivity contribution in [2.75, 3.05) is 19.6 Å². The molecule has 1 aliphatic heterocycles. The quantitative estimate of drug-likeness (QED) is 0.858. The van der Waals surface area contributed by atoms with Gasteiger partial charge in [-0.05, 0) is 6.42 Å². The summed E-state index contributed by atoms with van der Waals surface area (Å²) in [5, 5.41) is 4.63. The number of likely N-dealkylation sites (tertiary alicyclic amines) is 1. The summed E-state index contributed by atoms with van der Waals surface area (Å²) in [6, 6.07) is 0. The number of amides is 1. The van der Waals surface area contributed by atoms with Crippen LogP contribution in [0.3, 0.4) is 0 Å².